The predicted octanol–water partition coefficient (Wildman–Crippen LogP) is 6.74. The number of halogens is 2. The minimum absolute atomic E-state index is 0.401. The third kappa shape index (κ3) is 6.52. The van der Waals surface area contributed by atoms with Crippen LogP contribution in [0.25, 0.3) is 0 Å². The van der Waals surface area contributed by atoms with Crippen LogP contribution in [-0.4, -0.2) is 23.5 Å². The molecule has 0 spiro atoms. The lowest BCUT2D eigenvalue weighted by atomic mass is 10.1. The van der Waals surface area contributed by atoms with E-state index in [1.165, 1.54) is 16.7 Å². The summed E-state index contributed by atoms with van der Waals surface area (Å²) in [4.78, 5) is 6.86. The summed E-state index contributed by atoms with van der Waals surface area (Å²) < 4.78 is 6.82. The lowest BCUT2D eigenvalue weighted by Crippen LogP contribution is -2.09. The first-order valence-corrected chi connectivity index (χ1v) is 10.9. The van der Waals surface area contributed by atoms with Gasteiger partial charge < -0.3 is 9.64 Å². The van der Waals surface area contributed by atoms with E-state index in [4.69, 9.17) is 16.3 Å². The van der Waals surface area contributed by atoms with Gasteiger partial charge >= 0.3 is 0 Å². The van der Waals surface area contributed by atoms with E-state index in [-0.39, 0.29) is 0 Å². The molecule has 0 amide bonds. The Kier molecular flexibility index (Phi) is 8.84. The van der Waals surface area contributed by atoms with Crippen LogP contribution >= 0.6 is 27.5 Å². The van der Waals surface area contributed by atoms with Crippen molar-refractivity contribution < 1.29 is 4.74 Å². The zero-order valence-electron chi connectivity index (χ0n) is 17.5. The smallest absolute Gasteiger partial charge is 0.228 e. The fourth-order valence-corrected chi connectivity index (χ4v) is 3.63. The maximum absolute atomic E-state index is 6.37. The quantitative estimate of drug-likeness (QED) is 0.410. The van der Waals surface area contributed by atoms with E-state index in [1.54, 1.807) is 0 Å². The van der Waals surface area contributed by atoms with Crippen molar-refractivity contribution in [1.29, 1.82) is 0 Å². The second-order valence-corrected chi connectivity index (χ2v) is 8.40. The van der Waals surface area contributed by atoms with Crippen molar-refractivity contribution in [3.8, 4) is 5.88 Å². The highest BCUT2D eigenvalue weighted by atomic mass is 79.9. The van der Waals surface area contributed by atoms with E-state index in [9.17, 15) is 0 Å². The van der Waals surface area contributed by atoms with Crippen molar-refractivity contribution in [2.45, 2.75) is 53.6 Å². The number of rotatable bonds is 9. The Bertz CT molecular complexity index is 836. The highest BCUT2D eigenvalue weighted by Gasteiger charge is 2.11. The van der Waals surface area contributed by atoms with Crippen LogP contribution in [0.5, 0.6) is 5.88 Å². The molecule has 0 saturated carbocycles. The number of allylic oxidation sites excluding steroid dienone is 1. The molecular weight excluding hydrogens is 436 g/mol. The van der Waals surface area contributed by atoms with Crippen LogP contribution < -0.4 is 4.74 Å². The number of pyridine rings is 1. The molecule has 0 aliphatic rings. The monoisotopic (exact) mass is 464 g/mol. The van der Waals surface area contributed by atoms with E-state index >= 15 is 0 Å². The Morgan fingerprint density at radius 3 is 2.64 bits per heavy atom. The molecule has 0 aliphatic carbocycles. The molecule has 1 aromatic heterocycles. The van der Waals surface area contributed by atoms with Gasteiger partial charge in [-0.05, 0) is 85.4 Å². The predicted molar refractivity (Wildman–Crippen MR) is 122 cm³/mol. The van der Waals surface area contributed by atoms with Crippen molar-refractivity contribution in [1.82, 2.24) is 9.88 Å². The molecule has 0 N–H and O–H groups in total. The van der Waals surface area contributed by atoms with Crippen LogP contribution in [-0.2, 0) is 19.4 Å². The third-order valence-corrected chi connectivity index (χ3v) is 5.78. The highest BCUT2D eigenvalue weighted by Crippen LogP contribution is 2.28. The van der Waals surface area contributed by atoms with Gasteiger partial charge in [0.2, 0.25) is 5.88 Å². The Hall–Kier alpha value is -1.52. The summed E-state index contributed by atoms with van der Waals surface area (Å²) in [5, 5.41) is 0.739. The molecule has 0 radical (unpaired) electrons. The molecule has 0 fully saturated rings. The molecule has 152 valence electrons. The first-order chi connectivity index (χ1) is 13.3. The van der Waals surface area contributed by atoms with E-state index in [0.29, 0.717) is 12.5 Å². The van der Waals surface area contributed by atoms with Crippen LogP contribution in [0.1, 0.15) is 49.6 Å². The van der Waals surface area contributed by atoms with E-state index in [0.717, 1.165) is 46.6 Å². The molecule has 0 unspecified atom stereocenters. The average Bonchev–Trinajstić information content (AvgIpc) is 2.67. The number of benzene rings is 1. The molecule has 0 bridgehead atoms. The summed E-state index contributed by atoms with van der Waals surface area (Å²) in [6, 6.07) is 8.24. The Labute approximate surface area is 182 Å². The largest absolute Gasteiger partial charge is 0.472 e. The number of hydrogen-bond acceptors (Lipinski definition) is 3. The Morgan fingerprint density at radius 1 is 1.25 bits per heavy atom. The van der Waals surface area contributed by atoms with Gasteiger partial charge in [-0.2, -0.15) is 0 Å². The van der Waals surface area contributed by atoms with Crippen LogP contribution in [0, 0.1) is 6.92 Å². The van der Waals surface area contributed by atoms with Crippen molar-refractivity contribution in [3.63, 3.8) is 0 Å². The van der Waals surface area contributed by atoms with Gasteiger partial charge in [0, 0.05) is 29.9 Å². The lowest BCUT2D eigenvalue weighted by molar-refractivity contribution is 0.291. The fraction of sp³-hybridized carbons (Fsp3) is 0.435. The molecule has 3 nitrogen and oxygen atoms in total. The van der Waals surface area contributed by atoms with E-state index in [1.807, 2.05) is 19.1 Å². The molecule has 1 heterocycles. The zero-order chi connectivity index (χ0) is 20.7. The molecule has 28 heavy (non-hydrogen) atoms. The average molecular weight is 466 g/mol. The summed E-state index contributed by atoms with van der Waals surface area (Å²) in [5.74, 6) is 0.606. The van der Waals surface area contributed by atoms with Gasteiger partial charge in [-0.15, -0.1) is 0 Å². The van der Waals surface area contributed by atoms with E-state index in [2.05, 4.69) is 72.0 Å². The first kappa shape index (κ1) is 22.8. The molecule has 2 rings (SSSR count). The molecular formula is C23H30BrClN2O. The van der Waals surface area contributed by atoms with Crippen LogP contribution in [0.4, 0.5) is 0 Å². The summed E-state index contributed by atoms with van der Waals surface area (Å²) in [7, 11) is 2.10. The number of nitrogens with zero attached hydrogens (tertiary/aromatic N) is 2. The van der Waals surface area contributed by atoms with Gasteiger partial charge in [-0.1, -0.05) is 36.2 Å². The minimum Gasteiger partial charge on any atom is -0.472 e. The zero-order valence-corrected chi connectivity index (χ0v) is 19.8. The second-order valence-electron chi connectivity index (χ2n) is 7.14. The number of ether oxygens (including phenoxy) is 1. The van der Waals surface area contributed by atoms with Crippen LogP contribution in [0.2, 0.25) is 5.02 Å². The maximum atomic E-state index is 6.37. The molecule has 0 saturated heterocycles. The number of aryl methyl sites for hydroxylation is 3. The summed E-state index contributed by atoms with van der Waals surface area (Å²) >= 11 is 9.98. The summed E-state index contributed by atoms with van der Waals surface area (Å²) in [6.45, 7) is 9.90. The van der Waals surface area contributed by atoms with E-state index < -0.39 is 0 Å². The Balaban J connectivity index is 2.04. The molecule has 0 atom stereocenters. The van der Waals surface area contributed by atoms with Gasteiger partial charge in [0.15, 0.2) is 0 Å². The summed E-state index contributed by atoms with van der Waals surface area (Å²) in [5.41, 5.74) is 5.79. The van der Waals surface area contributed by atoms with Crippen molar-refractivity contribution in [3.05, 3.63) is 67.9 Å². The van der Waals surface area contributed by atoms with Crippen LogP contribution in [0.3, 0.4) is 0 Å². The van der Waals surface area contributed by atoms with Gasteiger partial charge in [0.25, 0.3) is 0 Å². The molecule has 5 heteroatoms. The van der Waals surface area contributed by atoms with Gasteiger partial charge in [0.1, 0.15) is 6.61 Å². The van der Waals surface area contributed by atoms with Crippen molar-refractivity contribution >= 4 is 27.5 Å². The summed E-state index contributed by atoms with van der Waals surface area (Å²) in [6.07, 6.45) is 5.15. The highest BCUT2D eigenvalue weighted by molar-refractivity contribution is 9.10. The molecule has 1 aromatic carbocycles. The van der Waals surface area contributed by atoms with Crippen molar-refractivity contribution in [2.75, 3.05) is 13.6 Å². The topological polar surface area (TPSA) is 25.4 Å². The standard InChI is InChI=1S/C23H30BrClN2O/c1-6-18-9-11-20(22(25)12-18)15-28-23-21(24)13-19(17(4)26-23)10-8-16(3)14-27(5)7-2/h9,11-14H,6-8,10,15H2,1-5H3. The normalized spacial score (nSPS) is 11.6. The minimum atomic E-state index is 0.401. The number of hydrogen-bond donors (Lipinski definition) is 0. The fourth-order valence-electron chi connectivity index (χ4n) is 2.89. The maximum Gasteiger partial charge on any atom is 0.228 e. The Morgan fingerprint density at radius 2 is 2.00 bits per heavy atom. The van der Waals surface area contributed by atoms with Crippen molar-refractivity contribution in [2.24, 2.45) is 0 Å². The van der Waals surface area contributed by atoms with Crippen LogP contribution in [0.15, 0.2) is 40.5 Å². The second kappa shape index (κ2) is 10.9. The molecule has 0 aliphatic heterocycles. The van der Waals surface area contributed by atoms with Gasteiger partial charge in [-0.3, -0.25) is 0 Å². The third-order valence-electron chi connectivity index (χ3n) is 4.86. The first-order valence-electron chi connectivity index (χ1n) is 9.77. The lowest BCUT2D eigenvalue weighted by Gasteiger charge is -2.14. The number of aromatic nitrogens is 1. The van der Waals surface area contributed by atoms with Gasteiger partial charge in [0.05, 0.1) is 4.47 Å². The molecule has 2 aromatic rings. The van der Waals surface area contributed by atoms with Gasteiger partial charge in [-0.25, -0.2) is 4.98 Å². The SMILES string of the molecule is CCc1ccc(COc2nc(C)c(CCC(C)=CN(C)CC)cc2Br)c(Cl)c1.